The van der Waals surface area contributed by atoms with Crippen molar-refractivity contribution in [1.82, 2.24) is 0 Å². The minimum absolute atomic E-state index is 0.210. The Labute approximate surface area is 107 Å². The zero-order valence-corrected chi connectivity index (χ0v) is 10.4. The minimum atomic E-state index is -0.282. The molecule has 0 saturated heterocycles. The fraction of sp³-hybridized carbons (Fsp3) is 0.200. The first-order valence-electron chi connectivity index (χ1n) is 4.55. The second kappa shape index (κ2) is 4.65. The maximum Gasteiger partial charge on any atom is 0.261 e. The van der Waals surface area contributed by atoms with Crippen LogP contribution in [0, 0.1) is 0 Å². The van der Waals surface area contributed by atoms with E-state index in [0.29, 0.717) is 21.6 Å². The van der Waals surface area contributed by atoms with Gasteiger partial charge in [-0.2, -0.15) is 4.99 Å². The number of nitrogens with zero attached hydrogens (tertiary/aromatic N) is 1. The summed E-state index contributed by atoms with van der Waals surface area (Å²) in [7, 11) is 0. The van der Waals surface area contributed by atoms with Crippen molar-refractivity contribution in [2.45, 2.75) is 11.7 Å². The Balaban J connectivity index is 2.17. The number of carbonyl (C=O) groups excluding carboxylic acids is 1. The molecule has 0 aliphatic carbocycles. The average molecular weight is 275 g/mol. The number of thioether (sulfide) groups is 1. The fourth-order valence-electron chi connectivity index (χ4n) is 1.44. The van der Waals surface area contributed by atoms with Gasteiger partial charge in [-0.3, -0.25) is 4.79 Å². The number of hydrogen-bond acceptors (Lipinski definition) is 3. The number of carbonyl (C=O) groups is 1. The highest BCUT2D eigenvalue weighted by Gasteiger charge is 2.27. The molecule has 2 N–H and O–H groups in total. The van der Waals surface area contributed by atoms with Crippen LogP contribution in [0.25, 0.3) is 0 Å². The highest BCUT2D eigenvalue weighted by atomic mass is 35.5. The molecule has 1 atom stereocenters. The zero-order valence-electron chi connectivity index (χ0n) is 8.11. The molecule has 1 amide bonds. The van der Waals surface area contributed by atoms with Gasteiger partial charge in [-0.1, -0.05) is 47.1 Å². The van der Waals surface area contributed by atoms with Gasteiger partial charge in [0.15, 0.2) is 5.17 Å². The molecule has 6 heteroatoms. The van der Waals surface area contributed by atoms with E-state index >= 15 is 0 Å². The molecule has 0 bridgehead atoms. The van der Waals surface area contributed by atoms with Crippen molar-refractivity contribution in [1.29, 1.82) is 0 Å². The molecule has 0 aromatic heterocycles. The van der Waals surface area contributed by atoms with E-state index in [1.807, 2.05) is 6.07 Å². The molecular formula is C10H8Cl2N2OS. The topological polar surface area (TPSA) is 55.4 Å². The summed E-state index contributed by atoms with van der Waals surface area (Å²) in [6.45, 7) is 0. The third-order valence-electron chi connectivity index (χ3n) is 2.20. The van der Waals surface area contributed by atoms with Crippen LogP contribution in [0.4, 0.5) is 0 Å². The van der Waals surface area contributed by atoms with Gasteiger partial charge in [-0.25, -0.2) is 0 Å². The van der Waals surface area contributed by atoms with Crippen molar-refractivity contribution < 1.29 is 4.79 Å². The molecule has 0 radical (unpaired) electrons. The second-order valence-electron chi connectivity index (χ2n) is 3.31. The summed E-state index contributed by atoms with van der Waals surface area (Å²) >= 11 is 13.2. The maximum atomic E-state index is 11.4. The van der Waals surface area contributed by atoms with Gasteiger partial charge in [0.1, 0.15) is 0 Å². The predicted octanol–water partition coefficient (Wildman–Crippen LogP) is 2.49. The number of amides is 1. The van der Waals surface area contributed by atoms with Gasteiger partial charge in [-0.15, -0.1) is 0 Å². The van der Waals surface area contributed by atoms with Crippen molar-refractivity contribution >= 4 is 46.0 Å². The van der Waals surface area contributed by atoms with Crippen LogP contribution in [0.2, 0.25) is 10.0 Å². The van der Waals surface area contributed by atoms with E-state index in [1.165, 1.54) is 11.8 Å². The summed E-state index contributed by atoms with van der Waals surface area (Å²) in [5, 5.41) is 1.01. The lowest BCUT2D eigenvalue weighted by Gasteiger charge is -2.08. The van der Waals surface area contributed by atoms with Gasteiger partial charge in [-0.05, 0) is 18.1 Å². The minimum Gasteiger partial charge on any atom is -0.378 e. The van der Waals surface area contributed by atoms with Gasteiger partial charge in [0.25, 0.3) is 5.91 Å². The average Bonchev–Trinajstić information content (AvgIpc) is 2.53. The smallest absolute Gasteiger partial charge is 0.261 e. The first kappa shape index (κ1) is 11.8. The van der Waals surface area contributed by atoms with Crippen LogP contribution in [-0.4, -0.2) is 16.3 Å². The Bertz CT molecular complexity index is 476. The molecule has 16 heavy (non-hydrogen) atoms. The molecule has 0 unspecified atom stereocenters. The van der Waals surface area contributed by atoms with E-state index in [0.717, 1.165) is 5.56 Å². The monoisotopic (exact) mass is 274 g/mol. The lowest BCUT2D eigenvalue weighted by Crippen LogP contribution is -2.14. The number of aliphatic imine (C=N–C) groups is 1. The summed E-state index contributed by atoms with van der Waals surface area (Å²) in [5.74, 6) is -0.210. The lowest BCUT2D eigenvalue weighted by atomic mass is 10.1. The Morgan fingerprint density at radius 1 is 1.44 bits per heavy atom. The predicted molar refractivity (Wildman–Crippen MR) is 68.2 cm³/mol. The van der Waals surface area contributed by atoms with Crippen molar-refractivity contribution in [2.75, 3.05) is 0 Å². The van der Waals surface area contributed by atoms with Gasteiger partial charge in [0, 0.05) is 0 Å². The Morgan fingerprint density at radius 3 is 2.81 bits per heavy atom. The van der Waals surface area contributed by atoms with Crippen LogP contribution in [-0.2, 0) is 11.2 Å². The molecule has 0 fully saturated rings. The van der Waals surface area contributed by atoms with Gasteiger partial charge < -0.3 is 5.73 Å². The second-order valence-corrected chi connectivity index (χ2v) is 5.32. The van der Waals surface area contributed by atoms with E-state index in [1.54, 1.807) is 12.1 Å². The van der Waals surface area contributed by atoms with Crippen LogP contribution in [0.15, 0.2) is 23.2 Å². The van der Waals surface area contributed by atoms with E-state index in [9.17, 15) is 4.79 Å². The van der Waals surface area contributed by atoms with Crippen molar-refractivity contribution in [3.8, 4) is 0 Å². The molecule has 2 rings (SSSR count). The van der Waals surface area contributed by atoms with Crippen molar-refractivity contribution in [3.05, 3.63) is 33.8 Å². The SMILES string of the molecule is NC1=NC(=O)[C@@H](Cc2cccc(Cl)c2Cl)S1. The summed E-state index contributed by atoms with van der Waals surface area (Å²) in [5.41, 5.74) is 6.31. The highest BCUT2D eigenvalue weighted by Crippen LogP contribution is 2.30. The van der Waals surface area contributed by atoms with Gasteiger partial charge in [0.2, 0.25) is 0 Å². The third kappa shape index (κ3) is 2.34. The van der Waals surface area contributed by atoms with Crippen molar-refractivity contribution in [2.24, 2.45) is 10.7 Å². The molecule has 1 aliphatic heterocycles. The van der Waals surface area contributed by atoms with E-state index in [-0.39, 0.29) is 11.2 Å². The Morgan fingerprint density at radius 2 is 2.19 bits per heavy atom. The molecule has 3 nitrogen and oxygen atoms in total. The molecule has 1 aromatic carbocycles. The largest absolute Gasteiger partial charge is 0.378 e. The van der Waals surface area contributed by atoms with Crippen LogP contribution in [0.1, 0.15) is 5.56 Å². The highest BCUT2D eigenvalue weighted by molar-refractivity contribution is 8.15. The maximum absolute atomic E-state index is 11.4. The standard InChI is InChI=1S/C10H8Cl2N2OS/c11-6-3-1-2-5(8(6)12)4-7-9(15)14-10(13)16-7/h1-3,7H,4H2,(H2,13,14,15)/t7-/m1/s1. The number of benzene rings is 1. The number of hydrogen-bond donors (Lipinski definition) is 1. The number of rotatable bonds is 2. The van der Waals surface area contributed by atoms with Crippen LogP contribution < -0.4 is 5.73 Å². The quantitative estimate of drug-likeness (QED) is 0.902. The number of nitrogens with two attached hydrogens (primary N) is 1. The van der Waals surface area contributed by atoms with Crippen LogP contribution >= 0.6 is 35.0 Å². The Hall–Kier alpha value is -0.710. The number of amidine groups is 1. The third-order valence-corrected chi connectivity index (χ3v) is 4.04. The molecule has 0 saturated carbocycles. The molecular weight excluding hydrogens is 267 g/mol. The fourth-order valence-corrected chi connectivity index (χ4v) is 2.69. The summed E-state index contributed by atoms with van der Waals surface area (Å²) < 4.78 is 0. The molecule has 0 spiro atoms. The van der Waals surface area contributed by atoms with Gasteiger partial charge in [0.05, 0.1) is 15.3 Å². The first-order valence-corrected chi connectivity index (χ1v) is 6.19. The zero-order chi connectivity index (χ0) is 11.7. The number of halogens is 2. The molecule has 84 valence electrons. The van der Waals surface area contributed by atoms with Gasteiger partial charge >= 0.3 is 0 Å². The summed E-state index contributed by atoms with van der Waals surface area (Å²) in [6, 6.07) is 5.36. The normalized spacial score (nSPS) is 20.0. The van der Waals surface area contributed by atoms with E-state index < -0.39 is 0 Å². The van der Waals surface area contributed by atoms with E-state index in [2.05, 4.69) is 4.99 Å². The molecule has 1 aliphatic rings. The molecule has 1 aromatic rings. The Kier molecular flexibility index (Phi) is 3.42. The lowest BCUT2D eigenvalue weighted by molar-refractivity contribution is -0.117. The summed E-state index contributed by atoms with van der Waals surface area (Å²) in [4.78, 5) is 15.1. The molecule has 1 heterocycles. The van der Waals surface area contributed by atoms with E-state index in [4.69, 9.17) is 28.9 Å². The van der Waals surface area contributed by atoms with Crippen LogP contribution in [0.3, 0.4) is 0 Å². The summed E-state index contributed by atoms with van der Waals surface area (Å²) in [6.07, 6.45) is 0.493. The van der Waals surface area contributed by atoms with Crippen LogP contribution in [0.5, 0.6) is 0 Å². The van der Waals surface area contributed by atoms with Crippen molar-refractivity contribution in [3.63, 3.8) is 0 Å². The first-order chi connectivity index (χ1) is 7.58.